The van der Waals surface area contributed by atoms with E-state index in [4.69, 9.17) is 10.5 Å². The van der Waals surface area contributed by atoms with Crippen LogP contribution in [-0.4, -0.2) is 18.5 Å². The molecule has 0 aromatic heterocycles. The van der Waals surface area contributed by atoms with E-state index < -0.39 is 5.97 Å². The Balaban J connectivity index is 1.46. The molecule has 3 N–H and O–H groups in total. The predicted molar refractivity (Wildman–Crippen MR) is 130 cm³/mol. The molecule has 5 heteroatoms. The minimum atomic E-state index is -0.450. The van der Waals surface area contributed by atoms with Crippen molar-refractivity contribution in [2.45, 2.75) is 39.0 Å². The lowest BCUT2D eigenvalue weighted by atomic mass is 10.00. The second-order valence-corrected chi connectivity index (χ2v) is 7.57. The number of unbranched alkanes of at least 4 members (excludes halogenated alkanes) is 3. The molecular weight excluding hydrogens is 400 g/mol. The summed E-state index contributed by atoms with van der Waals surface area (Å²) in [6.45, 7) is 2.09. The smallest absolute Gasteiger partial charge is 0.353 e. The number of nitrogens with one attached hydrogen (secondary N) is 1. The van der Waals surface area contributed by atoms with Gasteiger partial charge in [-0.2, -0.15) is 0 Å². The number of anilines is 1. The molecule has 0 saturated heterocycles. The van der Waals surface area contributed by atoms with Gasteiger partial charge in [0.05, 0.1) is 6.61 Å². The zero-order valence-corrected chi connectivity index (χ0v) is 18.5. The number of allylic oxidation sites excluding steroid dienone is 4. The number of ether oxygens (including phenoxy) is 1. The van der Waals surface area contributed by atoms with Crippen LogP contribution in [0.4, 0.5) is 5.69 Å². The lowest BCUT2D eigenvalue weighted by molar-refractivity contribution is -0.138. The average Bonchev–Trinajstić information content (AvgIpc) is 3.12. The first-order chi connectivity index (χ1) is 15.6. The maximum absolute atomic E-state index is 12.4. The summed E-state index contributed by atoms with van der Waals surface area (Å²) in [4.78, 5) is 23.8. The van der Waals surface area contributed by atoms with Gasteiger partial charge in [-0.05, 0) is 56.2 Å². The third-order valence-electron chi connectivity index (χ3n) is 5.23. The van der Waals surface area contributed by atoms with Crippen molar-refractivity contribution in [2.75, 3.05) is 11.9 Å². The molecule has 0 unspecified atom stereocenters. The molecule has 0 fully saturated rings. The molecule has 0 radical (unpaired) electrons. The van der Waals surface area contributed by atoms with Crippen molar-refractivity contribution in [2.24, 2.45) is 5.73 Å². The zero-order chi connectivity index (χ0) is 22.8. The van der Waals surface area contributed by atoms with Gasteiger partial charge in [-0.1, -0.05) is 66.8 Å². The molecule has 2 aromatic rings. The number of hydrogen-bond acceptors (Lipinski definition) is 4. The molecule has 1 aliphatic rings. The van der Waals surface area contributed by atoms with E-state index in [1.54, 1.807) is 13.0 Å². The molecule has 32 heavy (non-hydrogen) atoms. The van der Waals surface area contributed by atoms with Crippen LogP contribution in [0.5, 0.6) is 0 Å². The van der Waals surface area contributed by atoms with Crippen LogP contribution < -0.4 is 11.1 Å². The number of amides is 1. The van der Waals surface area contributed by atoms with Crippen molar-refractivity contribution in [1.29, 1.82) is 0 Å². The molecule has 1 amide bonds. The molecule has 0 bridgehead atoms. The van der Waals surface area contributed by atoms with Crippen LogP contribution in [-0.2, 0) is 14.3 Å². The third-order valence-corrected chi connectivity index (χ3v) is 5.23. The Labute approximate surface area is 189 Å². The fourth-order valence-electron chi connectivity index (χ4n) is 3.57. The Kier molecular flexibility index (Phi) is 8.44. The first-order valence-electron chi connectivity index (χ1n) is 11.1. The van der Waals surface area contributed by atoms with Crippen molar-refractivity contribution in [3.8, 4) is 11.1 Å². The summed E-state index contributed by atoms with van der Waals surface area (Å²) in [5, 5.41) is 2.98. The number of esters is 1. The Hall–Kier alpha value is -3.60. The van der Waals surface area contributed by atoms with Crippen LogP contribution in [0.15, 0.2) is 78.5 Å². The summed E-state index contributed by atoms with van der Waals surface area (Å²) >= 11 is 0. The molecule has 0 spiro atoms. The number of rotatable bonds is 10. The van der Waals surface area contributed by atoms with Crippen LogP contribution in [0.2, 0.25) is 0 Å². The fourth-order valence-corrected chi connectivity index (χ4v) is 3.57. The maximum Gasteiger partial charge on any atom is 0.353 e. The molecule has 0 saturated carbocycles. The van der Waals surface area contributed by atoms with Gasteiger partial charge in [-0.15, -0.1) is 0 Å². The Morgan fingerprint density at radius 1 is 1.03 bits per heavy atom. The van der Waals surface area contributed by atoms with Crippen LogP contribution in [0.1, 0.15) is 44.6 Å². The van der Waals surface area contributed by atoms with Gasteiger partial charge in [0.25, 0.3) is 5.91 Å². The topological polar surface area (TPSA) is 81.4 Å². The van der Waals surface area contributed by atoms with Crippen LogP contribution in [0, 0.1) is 0 Å². The summed E-state index contributed by atoms with van der Waals surface area (Å²) in [7, 11) is 0. The summed E-state index contributed by atoms with van der Waals surface area (Å²) in [5.74, 6) is -0.501. The second-order valence-electron chi connectivity index (χ2n) is 7.57. The van der Waals surface area contributed by atoms with Crippen LogP contribution >= 0.6 is 0 Å². The van der Waals surface area contributed by atoms with Gasteiger partial charge >= 0.3 is 5.97 Å². The van der Waals surface area contributed by atoms with E-state index in [1.165, 1.54) is 0 Å². The highest BCUT2D eigenvalue weighted by molar-refractivity contribution is 6.31. The van der Waals surface area contributed by atoms with E-state index in [1.807, 2.05) is 36.4 Å². The summed E-state index contributed by atoms with van der Waals surface area (Å²) in [6, 6.07) is 16.2. The molecule has 2 aromatic carbocycles. The third kappa shape index (κ3) is 6.20. The average molecular weight is 431 g/mol. The number of benzene rings is 2. The van der Waals surface area contributed by atoms with Crippen molar-refractivity contribution in [3.63, 3.8) is 0 Å². The largest absolute Gasteiger partial charge is 0.461 e. The van der Waals surface area contributed by atoms with Gasteiger partial charge in [-0.25, -0.2) is 4.79 Å². The number of hydrogen-bond donors (Lipinski definition) is 2. The predicted octanol–water partition coefficient (Wildman–Crippen LogP) is 5.60. The number of carbonyl (C=O) groups is 2. The normalized spacial score (nSPS) is 14.6. The number of nitrogens with two attached hydrogens (primary N) is 1. The molecule has 1 heterocycles. The van der Waals surface area contributed by atoms with Crippen molar-refractivity contribution >= 4 is 23.1 Å². The Bertz CT molecular complexity index is 1040. The highest BCUT2D eigenvalue weighted by Gasteiger charge is 2.23. The lowest BCUT2D eigenvalue weighted by Gasteiger charge is -2.04. The molecule has 5 nitrogen and oxygen atoms in total. The van der Waals surface area contributed by atoms with E-state index in [2.05, 4.69) is 35.7 Å². The van der Waals surface area contributed by atoms with Crippen LogP contribution in [0.25, 0.3) is 16.7 Å². The molecule has 3 rings (SSSR count). The highest BCUT2D eigenvalue weighted by Crippen LogP contribution is 2.35. The molecule has 1 aliphatic heterocycles. The summed E-state index contributed by atoms with van der Waals surface area (Å²) < 4.78 is 4.85. The highest BCUT2D eigenvalue weighted by atomic mass is 16.5. The summed E-state index contributed by atoms with van der Waals surface area (Å²) in [6.07, 6.45) is 12.3. The van der Waals surface area contributed by atoms with Gasteiger partial charge in [-0.3, -0.25) is 4.79 Å². The van der Waals surface area contributed by atoms with Gasteiger partial charge in [0.2, 0.25) is 0 Å². The standard InChI is InChI=1S/C27H30N2O3/c1-2-32-27(31)24(28)16-12-7-5-3-4-6-11-15-23-22-18-17-21(19-25(22)29-26(23)30)20-13-9-8-10-14-20/h4,6,8-10,13-19H,2-3,5,7,11-12,28H2,1H3,(H,29,30)/b6-4+,23-15-,24-16+. The zero-order valence-electron chi connectivity index (χ0n) is 18.5. The first kappa shape index (κ1) is 23.1. The molecular formula is C27H30N2O3. The van der Waals surface area contributed by atoms with E-state index >= 15 is 0 Å². The van der Waals surface area contributed by atoms with Crippen molar-refractivity contribution in [1.82, 2.24) is 0 Å². The fraction of sp³-hybridized carbons (Fsp3) is 0.259. The quantitative estimate of drug-likeness (QED) is 0.222. The van der Waals surface area contributed by atoms with E-state index in [-0.39, 0.29) is 11.6 Å². The van der Waals surface area contributed by atoms with Crippen molar-refractivity contribution < 1.29 is 14.3 Å². The monoisotopic (exact) mass is 430 g/mol. The first-order valence-corrected chi connectivity index (χ1v) is 11.1. The SMILES string of the molecule is CCOC(=O)/C(N)=C\CCCC/C=C/C/C=C1\C(=O)Nc2cc(-c3ccccc3)ccc21. The minimum absolute atomic E-state index is 0.0513. The summed E-state index contributed by atoms with van der Waals surface area (Å²) in [5.41, 5.74) is 10.6. The van der Waals surface area contributed by atoms with E-state index in [0.29, 0.717) is 13.0 Å². The number of carbonyl (C=O) groups excluding carboxylic acids is 2. The number of fused-ring (bicyclic) bond motifs is 1. The van der Waals surface area contributed by atoms with Gasteiger partial charge in [0.15, 0.2) is 0 Å². The minimum Gasteiger partial charge on any atom is -0.461 e. The van der Waals surface area contributed by atoms with Gasteiger partial charge in [0.1, 0.15) is 5.70 Å². The maximum atomic E-state index is 12.4. The van der Waals surface area contributed by atoms with Gasteiger partial charge in [0, 0.05) is 16.8 Å². The van der Waals surface area contributed by atoms with Crippen LogP contribution in [0.3, 0.4) is 0 Å². The van der Waals surface area contributed by atoms with E-state index in [9.17, 15) is 9.59 Å². The second kappa shape index (κ2) is 11.7. The van der Waals surface area contributed by atoms with Gasteiger partial charge < -0.3 is 15.8 Å². The molecule has 0 atom stereocenters. The molecule has 0 aliphatic carbocycles. The Morgan fingerprint density at radius 2 is 1.81 bits per heavy atom. The Morgan fingerprint density at radius 3 is 2.59 bits per heavy atom. The van der Waals surface area contributed by atoms with E-state index in [0.717, 1.165) is 53.6 Å². The lowest BCUT2D eigenvalue weighted by Crippen LogP contribution is -2.14. The van der Waals surface area contributed by atoms with Crippen molar-refractivity contribution in [3.05, 3.63) is 84.1 Å². The molecule has 166 valence electrons.